The summed E-state index contributed by atoms with van der Waals surface area (Å²) in [6.45, 7) is 0. The minimum atomic E-state index is 1.05. The van der Waals surface area contributed by atoms with Crippen LogP contribution in [-0.2, 0) is 0 Å². The van der Waals surface area contributed by atoms with E-state index in [0.29, 0.717) is 0 Å². The Balaban J connectivity index is 1.33. The van der Waals surface area contributed by atoms with Gasteiger partial charge in [0.2, 0.25) is 0 Å². The molecule has 1 heterocycles. The van der Waals surface area contributed by atoms with E-state index in [1.165, 1.54) is 54.9 Å². The lowest BCUT2D eigenvalue weighted by Crippen LogP contribution is -1.83. The molecule has 0 atom stereocenters. The highest BCUT2D eigenvalue weighted by Gasteiger charge is 2.21. The summed E-state index contributed by atoms with van der Waals surface area (Å²) in [6.07, 6.45) is 0. The van der Waals surface area contributed by atoms with Crippen LogP contribution in [0.3, 0.4) is 0 Å². The Kier molecular flexibility index (Phi) is 3.91. The van der Waals surface area contributed by atoms with Gasteiger partial charge in [-0.1, -0.05) is 84.9 Å². The lowest BCUT2D eigenvalue weighted by Gasteiger charge is -2.08. The SMILES string of the molecule is c1ccc2cc(-c3ccc4c(c3)-c3cc(-c5ccc6ccccc6c5)ccc3[N]4)ccc2c1. The minimum absolute atomic E-state index is 1.05. The number of hydrogen-bond donors (Lipinski definition) is 0. The van der Waals surface area contributed by atoms with Gasteiger partial charge in [0.05, 0.1) is 11.4 Å². The molecule has 0 spiro atoms. The summed E-state index contributed by atoms with van der Waals surface area (Å²) in [4.78, 5) is 0. The predicted molar refractivity (Wildman–Crippen MR) is 139 cm³/mol. The summed E-state index contributed by atoms with van der Waals surface area (Å²) in [5.41, 5.74) is 9.41. The molecule has 6 aromatic carbocycles. The van der Waals surface area contributed by atoms with Gasteiger partial charge in [0.1, 0.15) is 0 Å². The van der Waals surface area contributed by atoms with Gasteiger partial charge in [-0.3, -0.25) is 0 Å². The van der Waals surface area contributed by atoms with Crippen LogP contribution in [-0.4, -0.2) is 0 Å². The summed E-state index contributed by atoms with van der Waals surface area (Å²) in [6, 6.07) is 43.6. The van der Waals surface area contributed by atoms with Crippen LogP contribution in [0.1, 0.15) is 0 Å². The van der Waals surface area contributed by atoms with E-state index in [1.54, 1.807) is 0 Å². The molecule has 0 aliphatic carbocycles. The zero-order valence-corrected chi connectivity index (χ0v) is 18.0. The zero-order chi connectivity index (χ0) is 21.8. The van der Waals surface area contributed by atoms with Gasteiger partial charge < -0.3 is 0 Å². The summed E-state index contributed by atoms with van der Waals surface area (Å²) in [5.74, 6) is 0. The molecule has 1 radical (unpaired) electrons. The molecule has 0 saturated heterocycles. The summed E-state index contributed by atoms with van der Waals surface area (Å²) >= 11 is 0. The fraction of sp³-hybridized carbons (Fsp3) is 0. The minimum Gasteiger partial charge on any atom is -0.248 e. The van der Waals surface area contributed by atoms with Gasteiger partial charge in [0.15, 0.2) is 0 Å². The van der Waals surface area contributed by atoms with Crippen LogP contribution in [0.4, 0.5) is 11.4 Å². The maximum absolute atomic E-state index is 4.88. The second kappa shape index (κ2) is 7.08. The molecule has 6 aromatic rings. The fourth-order valence-electron chi connectivity index (χ4n) is 4.93. The van der Waals surface area contributed by atoms with Crippen molar-refractivity contribution in [2.24, 2.45) is 0 Å². The molecular weight excluding hydrogens is 398 g/mol. The molecule has 7 rings (SSSR count). The van der Waals surface area contributed by atoms with Crippen molar-refractivity contribution in [1.82, 2.24) is 5.32 Å². The van der Waals surface area contributed by atoms with E-state index in [2.05, 4.69) is 121 Å². The Hall–Kier alpha value is -4.36. The number of hydrogen-bond acceptors (Lipinski definition) is 0. The normalized spacial score (nSPS) is 11.9. The number of benzene rings is 6. The van der Waals surface area contributed by atoms with Gasteiger partial charge in [-0.15, -0.1) is 0 Å². The predicted octanol–water partition coefficient (Wildman–Crippen LogP) is 8.87. The Morgan fingerprint density at radius 2 is 0.727 bits per heavy atom. The molecule has 0 aromatic heterocycles. The van der Waals surface area contributed by atoms with Crippen molar-refractivity contribution in [3.8, 4) is 33.4 Å². The first-order valence-electron chi connectivity index (χ1n) is 11.3. The van der Waals surface area contributed by atoms with Crippen LogP contribution in [0, 0.1) is 0 Å². The molecule has 0 fully saturated rings. The van der Waals surface area contributed by atoms with Crippen molar-refractivity contribution in [2.75, 3.05) is 0 Å². The first kappa shape index (κ1) is 18.2. The third kappa shape index (κ3) is 3.01. The second-order valence-corrected chi connectivity index (χ2v) is 8.70. The fourth-order valence-corrected chi connectivity index (χ4v) is 4.93. The van der Waals surface area contributed by atoms with E-state index >= 15 is 0 Å². The summed E-state index contributed by atoms with van der Waals surface area (Å²) in [7, 11) is 0. The maximum atomic E-state index is 4.88. The van der Waals surface area contributed by atoms with Crippen molar-refractivity contribution < 1.29 is 0 Å². The lowest BCUT2D eigenvalue weighted by molar-refractivity contribution is 1.24. The van der Waals surface area contributed by atoms with Crippen molar-refractivity contribution in [1.29, 1.82) is 0 Å². The first-order chi connectivity index (χ1) is 16.3. The Morgan fingerprint density at radius 1 is 0.333 bits per heavy atom. The van der Waals surface area contributed by atoms with Crippen LogP contribution in [0.25, 0.3) is 54.9 Å². The van der Waals surface area contributed by atoms with Gasteiger partial charge in [-0.05, 0) is 80.2 Å². The molecule has 0 unspecified atom stereocenters. The highest BCUT2D eigenvalue weighted by molar-refractivity contribution is 5.96. The molecule has 0 amide bonds. The highest BCUT2D eigenvalue weighted by Crippen LogP contribution is 2.46. The number of nitrogens with zero attached hydrogens (tertiary/aromatic N) is 1. The summed E-state index contributed by atoms with van der Waals surface area (Å²) in [5, 5.41) is 9.94. The van der Waals surface area contributed by atoms with E-state index < -0.39 is 0 Å². The van der Waals surface area contributed by atoms with Crippen LogP contribution in [0.15, 0.2) is 121 Å². The molecule has 1 nitrogen and oxygen atoms in total. The third-order valence-electron chi connectivity index (χ3n) is 6.69. The Labute approximate surface area is 193 Å². The molecule has 1 aliphatic heterocycles. The Morgan fingerprint density at radius 3 is 1.21 bits per heavy atom. The largest absolute Gasteiger partial charge is 0.248 e. The topological polar surface area (TPSA) is 14.1 Å². The highest BCUT2D eigenvalue weighted by atomic mass is 14.9. The van der Waals surface area contributed by atoms with E-state index in [-0.39, 0.29) is 0 Å². The van der Waals surface area contributed by atoms with E-state index in [0.717, 1.165) is 11.4 Å². The Bertz CT molecular complexity index is 1570. The van der Waals surface area contributed by atoms with E-state index in [1.807, 2.05) is 0 Å². The van der Waals surface area contributed by atoms with Crippen molar-refractivity contribution in [3.05, 3.63) is 121 Å². The molecule has 1 heteroatoms. The molecule has 153 valence electrons. The van der Waals surface area contributed by atoms with Gasteiger partial charge in [-0.2, -0.15) is 0 Å². The quantitative estimate of drug-likeness (QED) is 0.266. The summed E-state index contributed by atoms with van der Waals surface area (Å²) < 4.78 is 0. The van der Waals surface area contributed by atoms with Crippen molar-refractivity contribution >= 4 is 32.9 Å². The van der Waals surface area contributed by atoms with Gasteiger partial charge in [-0.25, -0.2) is 5.32 Å². The van der Waals surface area contributed by atoms with Crippen LogP contribution < -0.4 is 5.32 Å². The van der Waals surface area contributed by atoms with Crippen LogP contribution >= 0.6 is 0 Å². The van der Waals surface area contributed by atoms with Crippen molar-refractivity contribution in [3.63, 3.8) is 0 Å². The molecule has 0 bridgehead atoms. The molecule has 0 N–H and O–H groups in total. The zero-order valence-electron chi connectivity index (χ0n) is 18.0. The lowest BCUT2D eigenvalue weighted by atomic mass is 9.95. The molecule has 0 saturated carbocycles. The molecular formula is C32H20N. The monoisotopic (exact) mass is 418 g/mol. The third-order valence-corrected chi connectivity index (χ3v) is 6.69. The van der Waals surface area contributed by atoms with E-state index in [9.17, 15) is 0 Å². The molecule has 33 heavy (non-hydrogen) atoms. The van der Waals surface area contributed by atoms with Crippen LogP contribution in [0.5, 0.6) is 0 Å². The molecule has 1 aliphatic rings. The first-order valence-corrected chi connectivity index (χ1v) is 11.3. The standard InChI is InChI=1S/C32H20N/c1-3-7-23-17-25(11-9-21(23)5-1)27-13-15-31-29(19-27)30-20-28(14-16-32(30)33-31)26-12-10-22-6-2-4-8-24(22)18-26/h1-20H. The average Bonchev–Trinajstić information content (AvgIpc) is 3.25. The number of rotatable bonds is 2. The maximum Gasteiger partial charge on any atom is 0.0716 e. The smallest absolute Gasteiger partial charge is 0.0716 e. The van der Waals surface area contributed by atoms with Gasteiger partial charge in [0.25, 0.3) is 0 Å². The van der Waals surface area contributed by atoms with Gasteiger partial charge >= 0.3 is 0 Å². The van der Waals surface area contributed by atoms with Gasteiger partial charge in [0, 0.05) is 11.1 Å². The number of fused-ring (bicyclic) bond motifs is 5. The van der Waals surface area contributed by atoms with Crippen LogP contribution in [0.2, 0.25) is 0 Å². The van der Waals surface area contributed by atoms with Crippen molar-refractivity contribution in [2.45, 2.75) is 0 Å². The second-order valence-electron chi connectivity index (χ2n) is 8.70. The average molecular weight is 419 g/mol. The van der Waals surface area contributed by atoms with E-state index in [4.69, 9.17) is 5.32 Å².